The molecule has 0 aliphatic rings. The van der Waals surface area contributed by atoms with E-state index in [1.165, 1.54) is 0 Å². The fraction of sp³-hybridized carbons (Fsp3) is 0.300. The highest BCUT2D eigenvalue weighted by atomic mass is 79.9. The number of carbonyl (C=O) groups excluding carboxylic acids is 1. The number of aliphatic hydroxyl groups is 1. The fourth-order valence-corrected chi connectivity index (χ4v) is 1.64. The van der Waals surface area contributed by atoms with Crippen LogP contribution in [0.2, 0.25) is 0 Å². The molecule has 88 valence electrons. The first-order valence-electron chi connectivity index (χ1n) is 4.47. The van der Waals surface area contributed by atoms with Crippen molar-refractivity contribution in [1.29, 1.82) is 0 Å². The average molecular weight is 295 g/mol. The Kier molecular flexibility index (Phi) is 4.37. The van der Waals surface area contributed by atoms with E-state index in [4.69, 9.17) is 0 Å². The van der Waals surface area contributed by atoms with Crippen molar-refractivity contribution in [3.63, 3.8) is 0 Å². The summed E-state index contributed by atoms with van der Waals surface area (Å²) in [7, 11) is 0. The van der Waals surface area contributed by atoms with Gasteiger partial charge in [-0.3, -0.25) is 0 Å². The van der Waals surface area contributed by atoms with Gasteiger partial charge in [0.1, 0.15) is 0 Å². The van der Waals surface area contributed by atoms with Gasteiger partial charge in [-0.2, -0.15) is 0 Å². The number of benzene rings is 1. The van der Waals surface area contributed by atoms with Gasteiger partial charge in [-0.1, -0.05) is 6.07 Å². The van der Waals surface area contributed by atoms with Gasteiger partial charge < -0.3 is 9.84 Å². The molecule has 0 saturated carbocycles. The predicted molar refractivity (Wildman–Crippen MR) is 55.7 cm³/mol. The predicted octanol–water partition coefficient (Wildman–Crippen LogP) is 2.32. The maximum atomic E-state index is 13.1. The first-order chi connectivity index (χ1) is 7.49. The summed E-state index contributed by atoms with van der Waals surface area (Å²) in [5, 5.41) is 9.52. The third-order valence-electron chi connectivity index (χ3n) is 1.87. The molecule has 1 N–H and O–H groups in total. The third kappa shape index (κ3) is 2.56. The van der Waals surface area contributed by atoms with Crippen molar-refractivity contribution >= 4 is 21.9 Å². The summed E-state index contributed by atoms with van der Waals surface area (Å²) in [6.07, 6.45) is -1.63. The fourth-order valence-electron chi connectivity index (χ4n) is 1.10. The zero-order chi connectivity index (χ0) is 12.3. The molecule has 0 aliphatic carbocycles. The normalized spacial score (nSPS) is 12.3. The number of aliphatic hydroxyl groups excluding tert-OH is 1. The molecule has 0 fully saturated rings. The molecule has 3 nitrogen and oxygen atoms in total. The highest BCUT2D eigenvalue weighted by molar-refractivity contribution is 9.10. The van der Waals surface area contributed by atoms with Gasteiger partial charge in [0.05, 0.1) is 11.1 Å². The summed E-state index contributed by atoms with van der Waals surface area (Å²) < 4.78 is 30.2. The van der Waals surface area contributed by atoms with Crippen LogP contribution < -0.4 is 0 Å². The molecule has 0 heterocycles. The first-order valence-corrected chi connectivity index (χ1v) is 5.26. The van der Waals surface area contributed by atoms with E-state index in [1.54, 1.807) is 6.92 Å². The van der Waals surface area contributed by atoms with Gasteiger partial charge in [-0.05, 0) is 28.9 Å². The molecule has 1 aromatic carbocycles. The number of esters is 1. The molecule has 1 rings (SSSR count). The van der Waals surface area contributed by atoms with E-state index in [0.29, 0.717) is 0 Å². The van der Waals surface area contributed by atoms with Crippen LogP contribution in [0, 0.1) is 11.6 Å². The average Bonchev–Trinajstić information content (AvgIpc) is 2.26. The summed E-state index contributed by atoms with van der Waals surface area (Å²) >= 11 is 2.77. The lowest BCUT2D eigenvalue weighted by atomic mass is 10.1. The molecule has 0 saturated heterocycles. The Morgan fingerprint density at radius 2 is 2.19 bits per heavy atom. The highest BCUT2D eigenvalue weighted by Gasteiger charge is 2.23. The van der Waals surface area contributed by atoms with Crippen molar-refractivity contribution in [2.24, 2.45) is 0 Å². The summed E-state index contributed by atoms with van der Waals surface area (Å²) in [6.45, 7) is 1.67. The number of ether oxygens (including phenoxy) is 1. The van der Waals surface area contributed by atoms with Crippen LogP contribution in [0.1, 0.15) is 18.6 Å². The van der Waals surface area contributed by atoms with E-state index < -0.39 is 23.7 Å². The quantitative estimate of drug-likeness (QED) is 0.687. The second-order valence-electron chi connectivity index (χ2n) is 2.92. The number of hydrogen-bond acceptors (Lipinski definition) is 3. The molecule has 0 radical (unpaired) electrons. The van der Waals surface area contributed by atoms with Crippen molar-refractivity contribution in [3.8, 4) is 0 Å². The number of halogens is 3. The van der Waals surface area contributed by atoms with Crippen molar-refractivity contribution in [2.75, 3.05) is 6.61 Å². The number of carbonyl (C=O) groups is 1. The van der Waals surface area contributed by atoms with Crippen LogP contribution in [0.25, 0.3) is 0 Å². The summed E-state index contributed by atoms with van der Waals surface area (Å²) in [4.78, 5) is 11.2. The highest BCUT2D eigenvalue weighted by Crippen LogP contribution is 2.28. The Balaban J connectivity index is 3.05. The van der Waals surface area contributed by atoms with Gasteiger partial charge in [0, 0.05) is 5.56 Å². The standard InChI is InChI=1S/C10H9BrF2O3/c1-2-16-10(15)9(14)5-3-4-6(12)8(13)7(5)11/h3-4,9,14H,2H2,1H3. The van der Waals surface area contributed by atoms with Crippen molar-refractivity contribution in [1.82, 2.24) is 0 Å². The van der Waals surface area contributed by atoms with Crippen LogP contribution in [0.5, 0.6) is 0 Å². The van der Waals surface area contributed by atoms with Crippen LogP contribution in [0.15, 0.2) is 16.6 Å². The van der Waals surface area contributed by atoms with E-state index in [9.17, 15) is 18.7 Å². The van der Waals surface area contributed by atoms with Gasteiger partial charge in [0.15, 0.2) is 17.7 Å². The number of hydrogen-bond donors (Lipinski definition) is 1. The smallest absolute Gasteiger partial charge is 0.339 e. The van der Waals surface area contributed by atoms with Crippen LogP contribution in [0.3, 0.4) is 0 Å². The van der Waals surface area contributed by atoms with Gasteiger partial charge in [-0.25, -0.2) is 13.6 Å². The minimum absolute atomic E-state index is 0.0719. The lowest BCUT2D eigenvalue weighted by Gasteiger charge is -2.12. The van der Waals surface area contributed by atoms with E-state index in [0.717, 1.165) is 12.1 Å². The molecule has 0 aliphatic heterocycles. The lowest BCUT2D eigenvalue weighted by molar-refractivity contribution is -0.153. The Hall–Kier alpha value is -1.01. The molecular formula is C10H9BrF2O3. The molecule has 1 aromatic rings. The monoisotopic (exact) mass is 294 g/mol. The lowest BCUT2D eigenvalue weighted by Crippen LogP contribution is -2.16. The molecule has 0 bridgehead atoms. The van der Waals surface area contributed by atoms with E-state index in [2.05, 4.69) is 20.7 Å². The van der Waals surface area contributed by atoms with Crippen LogP contribution in [0.4, 0.5) is 8.78 Å². The van der Waals surface area contributed by atoms with E-state index >= 15 is 0 Å². The molecule has 16 heavy (non-hydrogen) atoms. The van der Waals surface area contributed by atoms with Gasteiger partial charge in [-0.15, -0.1) is 0 Å². The maximum absolute atomic E-state index is 13.1. The summed E-state index contributed by atoms with van der Waals surface area (Å²) in [6, 6.07) is 1.95. The largest absolute Gasteiger partial charge is 0.464 e. The molecule has 0 aromatic heterocycles. The Labute approximate surface area is 99.2 Å². The van der Waals surface area contributed by atoms with Gasteiger partial charge >= 0.3 is 5.97 Å². The summed E-state index contributed by atoms with van der Waals surface area (Å²) in [5.74, 6) is -3.12. The second kappa shape index (κ2) is 5.36. The zero-order valence-corrected chi connectivity index (χ0v) is 9.92. The van der Waals surface area contributed by atoms with Gasteiger partial charge in [0.2, 0.25) is 0 Å². The minimum atomic E-state index is -1.63. The molecule has 0 spiro atoms. The van der Waals surface area contributed by atoms with Crippen molar-refractivity contribution in [2.45, 2.75) is 13.0 Å². The van der Waals surface area contributed by atoms with Crippen molar-refractivity contribution in [3.05, 3.63) is 33.8 Å². The van der Waals surface area contributed by atoms with Crippen LogP contribution >= 0.6 is 15.9 Å². The summed E-state index contributed by atoms with van der Waals surface area (Å²) in [5.41, 5.74) is -0.0719. The Morgan fingerprint density at radius 1 is 1.56 bits per heavy atom. The zero-order valence-electron chi connectivity index (χ0n) is 8.34. The first kappa shape index (κ1) is 13.1. The van der Waals surface area contributed by atoms with Crippen LogP contribution in [-0.2, 0) is 9.53 Å². The SMILES string of the molecule is CCOC(=O)C(O)c1ccc(F)c(F)c1Br. The van der Waals surface area contributed by atoms with E-state index in [1.807, 2.05) is 0 Å². The van der Waals surface area contributed by atoms with Crippen molar-refractivity contribution < 1.29 is 23.4 Å². The van der Waals surface area contributed by atoms with Crippen LogP contribution in [-0.4, -0.2) is 17.7 Å². The number of rotatable bonds is 3. The minimum Gasteiger partial charge on any atom is -0.464 e. The molecule has 1 atom stereocenters. The molecular weight excluding hydrogens is 286 g/mol. The van der Waals surface area contributed by atoms with E-state index in [-0.39, 0.29) is 16.6 Å². The van der Waals surface area contributed by atoms with Gasteiger partial charge in [0.25, 0.3) is 0 Å². The third-order valence-corrected chi connectivity index (χ3v) is 2.68. The topological polar surface area (TPSA) is 46.5 Å². The molecule has 6 heteroatoms. The Morgan fingerprint density at radius 3 is 2.75 bits per heavy atom. The Bertz CT molecular complexity index is 409. The molecule has 0 amide bonds. The second-order valence-corrected chi connectivity index (χ2v) is 3.71. The maximum Gasteiger partial charge on any atom is 0.339 e. The molecule has 1 unspecified atom stereocenters.